The van der Waals surface area contributed by atoms with Gasteiger partial charge in [-0.25, -0.2) is 13.2 Å². The van der Waals surface area contributed by atoms with Gasteiger partial charge in [-0.05, 0) is 67.3 Å². The third-order valence-electron chi connectivity index (χ3n) is 6.65. The maximum absolute atomic E-state index is 14.3. The molecule has 1 amide bonds. The zero-order chi connectivity index (χ0) is 30.1. The van der Waals surface area contributed by atoms with Crippen molar-refractivity contribution in [3.8, 4) is 11.5 Å². The number of amides is 1. The van der Waals surface area contributed by atoms with Crippen molar-refractivity contribution >= 4 is 38.6 Å². The highest BCUT2D eigenvalue weighted by Gasteiger charge is 2.36. The minimum absolute atomic E-state index is 0.0123. The number of rotatable bonds is 8. The number of esters is 1. The lowest BCUT2D eigenvalue weighted by Gasteiger charge is -2.25. The highest BCUT2D eigenvalue weighted by Crippen LogP contribution is 2.37. The van der Waals surface area contributed by atoms with Crippen molar-refractivity contribution in [2.45, 2.75) is 44.9 Å². The van der Waals surface area contributed by atoms with E-state index in [4.69, 9.17) is 18.6 Å². The smallest absolute Gasteiger partial charge is 0.342 e. The van der Waals surface area contributed by atoms with Gasteiger partial charge < -0.3 is 18.6 Å². The van der Waals surface area contributed by atoms with Gasteiger partial charge in [0.1, 0.15) is 34.0 Å². The molecule has 9 nitrogen and oxygen atoms in total. The average molecular weight is 580 g/mol. The summed E-state index contributed by atoms with van der Waals surface area (Å²) in [5, 5.41) is 0.307. The van der Waals surface area contributed by atoms with Crippen LogP contribution in [0.25, 0.3) is 11.0 Å². The molecule has 0 saturated carbocycles. The molecule has 0 saturated heterocycles. The largest absolute Gasteiger partial charge is 0.496 e. The van der Waals surface area contributed by atoms with Gasteiger partial charge in [0.05, 0.1) is 31.4 Å². The molecule has 0 aliphatic carbocycles. The van der Waals surface area contributed by atoms with Gasteiger partial charge in [0.25, 0.3) is 15.9 Å². The van der Waals surface area contributed by atoms with Gasteiger partial charge in [0, 0.05) is 5.39 Å². The molecule has 0 bridgehead atoms. The molecule has 0 spiro atoms. The van der Waals surface area contributed by atoms with E-state index in [-0.39, 0.29) is 45.2 Å². The predicted octanol–water partition coefficient (Wildman–Crippen LogP) is 6.27. The van der Waals surface area contributed by atoms with Crippen LogP contribution in [0.1, 0.15) is 59.7 Å². The minimum atomic E-state index is -4.49. The van der Waals surface area contributed by atoms with E-state index in [0.29, 0.717) is 21.0 Å². The molecule has 0 aliphatic heterocycles. The van der Waals surface area contributed by atoms with Gasteiger partial charge in [0.15, 0.2) is 0 Å². The number of hydrogen-bond donors (Lipinski definition) is 0. The van der Waals surface area contributed by atoms with Crippen LogP contribution in [0.15, 0.2) is 70.0 Å². The number of anilines is 1. The molecule has 0 radical (unpaired) electrons. The van der Waals surface area contributed by atoms with Gasteiger partial charge in [-0.3, -0.25) is 4.79 Å². The van der Waals surface area contributed by atoms with Gasteiger partial charge in [-0.1, -0.05) is 39.0 Å². The summed E-state index contributed by atoms with van der Waals surface area (Å²) in [7, 11) is -1.74. The number of sulfonamides is 1. The van der Waals surface area contributed by atoms with Crippen molar-refractivity contribution in [1.82, 2.24) is 0 Å². The molecule has 1 aromatic heterocycles. The Balaban J connectivity index is 1.99. The molecule has 0 unspecified atom stereocenters. The van der Waals surface area contributed by atoms with Crippen molar-refractivity contribution in [3.05, 3.63) is 83.1 Å². The Kier molecular flexibility index (Phi) is 8.17. The van der Waals surface area contributed by atoms with Gasteiger partial charge in [0.2, 0.25) is 0 Å². The summed E-state index contributed by atoms with van der Waals surface area (Å²) in [5.41, 5.74) is 1.11. The Morgan fingerprint density at radius 2 is 1.51 bits per heavy atom. The summed E-state index contributed by atoms with van der Waals surface area (Å²) in [6, 6.07) is 15.5. The van der Waals surface area contributed by atoms with E-state index in [1.807, 2.05) is 20.8 Å². The lowest BCUT2D eigenvalue weighted by atomic mass is 9.87. The van der Waals surface area contributed by atoms with Gasteiger partial charge in [-0.15, -0.1) is 0 Å². The van der Waals surface area contributed by atoms with Crippen LogP contribution in [-0.2, 0) is 20.2 Å². The van der Waals surface area contributed by atoms with Crippen molar-refractivity contribution < 1.29 is 36.6 Å². The van der Waals surface area contributed by atoms with Crippen LogP contribution >= 0.6 is 0 Å². The van der Waals surface area contributed by atoms with Crippen molar-refractivity contribution in [3.63, 3.8) is 0 Å². The Hall–Kier alpha value is -4.31. The van der Waals surface area contributed by atoms with Crippen molar-refractivity contribution in [2.24, 2.45) is 0 Å². The summed E-state index contributed by atoms with van der Waals surface area (Å²) in [5.74, 6) is -0.960. The Morgan fingerprint density at radius 3 is 2.05 bits per heavy atom. The minimum Gasteiger partial charge on any atom is -0.496 e. The Bertz CT molecular complexity index is 1690. The van der Waals surface area contributed by atoms with E-state index in [0.717, 1.165) is 5.56 Å². The SMILES string of the molecule is CCOC(=O)c1c(C)oc2ccc(N(C(=O)c3c(OC)cccc3OC)S(=O)(=O)c3ccc(C(C)(C)C)cc3)cc12. The van der Waals surface area contributed by atoms with Crippen LogP contribution in [0.3, 0.4) is 0 Å². The van der Waals surface area contributed by atoms with Crippen LogP contribution in [0.4, 0.5) is 5.69 Å². The number of carbonyl (C=O) groups excluding carboxylic acids is 2. The second-order valence-electron chi connectivity index (χ2n) is 10.3. The zero-order valence-electron chi connectivity index (χ0n) is 24.1. The van der Waals surface area contributed by atoms with E-state index in [1.54, 1.807) is 44.2 Å². The fourth-order valence-electron chi connectivity index (χ4n) is 4.55. The van der Waals surface area contributed by atoms with Gasteiger partial charge >= 0.3 is 5.97 Å². The van der Waals surface area contributed by atoms with E-state index >= 15 is 0 Å². The molecule has 0 aliphatic rings. The first-order valence-corrected chi connectivity index (χ1v) is 14.4. The van der Waals surface area contributed by atoms with Crippen LogP contribution in [-0.4, -0.2) is 41.1 Å². The second kappa shape index (κ2) is 11.3. The molecular weight excluding hydrogens is 546 g/mol. The molecule has 41 heavy (non-hydrogen) atoms. The maximum atomic E-state index is 14.3. The third kappa shape index (κ3) is 5.52. The second-order valence-corrected chi connectivity index (χ2v) is 12.1. The number of benzene rings is 3. The highest BCUT2D eigenvalue weighted by molar-refractivity contribution is 7.93. The van der Waals surface area contributed by atoms with E-state index < -0.39 is 21.9 Å². The maximum Gasteiger partial charge on any atom is 0.342 e. The molecule has 4 aromatic rings. The third-order valence-corrected chi connectivity index (χ3v) is 8.37. The number of methoxy groups -OCH3 is 2. The summed E-state index contributed by atoms with van der Waals surface area (Å²) in [4.78, 5) is 27.0. The fraction of sp³-hybridized carbons (Fsp3) is 0.290. The number of aryl methyl sites for hydroxylation is 1. The van der Waals surface area contributed by atoms with E-state index in [1.165, 1.54) is 44.6 Å². The van der Waals surface area contributed by atoms with E-state index in [9.17, 15) is 18.0 Å². The molecule has 0 fully saturated rings. The van der Waals surface area contributed by atoms with E-state index in [2.05, 4.69) is 0 Å². The first-order chi connectivity index (χ1) is 19.3. The summed E-state index contributed by atoms with van der Waals surface area (Å²) in [6.45, 7) is 9.49. The molecule has 0 atom stereocenters. The standard InChI is InChI=1S/C31H33NO8S/c1-8-39-30(34)27-19(2)40-24-17-14-21(18-23(24)27)32(29(33)28-25(37-6)10-9-11-26(28)38-7)41(35,36)22-15-12-20(13-16-22)31(3,4)5/h9-18H,8H2,1-7H3. The highest BCUT2D eigenvalue weighted by atomic mass is 32.2. The molecule has 10 heteroatoms. The quantitative estimate of drug-likeness (QED) is 0.225. The monoisotopic (exact) mass is 579 g/mol. The lowest BCUT2D eigenvalue weighted by Crippen LogP contribution is -2.37. The topological polar surface area (TPSA) is 112 Å². The Labute approximate surface area is 239 Å². The zero-order valence-corrected chi connectivity index (χ0v) is 24.9. The number of carbonyl (C=O) groups is 2. The Morgan fingerprint density at radius 1 is 0.902 bits per heavy atom. The first-order valence-electron chi connectivity index (χ1n) is 13.0. The van der Waals surface area contributed by atoms with Crippen molar-refractivity contribution in [2.75, 3.05) is 25.1 Å². The number of nitrogens with zero attached hydrogens (tertiary/aromatic N) is 1. The summed E-state index contributed by atoms with van der Waals surface area (Å²) < 4.78 is 51.0. The first kappa shape index (κ1) is 29.7. The molecular formula is C31H33NO8S. The van der Waals surface area contributed by atoms with Crippen LogP contribution in [0.5, 0.6) is 11.5 Å². The number of ether oxygens (including phenoxy) is 3. The predicted molar refractivity (Wildman–Crippen MR) is 156 cm³/mol. The normalized spacial score (nSPS) is 11.8. The van der Waals surface area contributed by atoms with Crippen LogP contribution < -0.4 is 13.8 Å². The number of hydrogen-bond acceptors (Lipinski definition) is 8. The molecule has 4 rings (SSSR count). The average Bonchev–Trinajstić information content (AvgIpc) is 3.27. The number of furan rings is 1. The lowest BCUT2D eigenvalue weighted by molar-refractivity contribution is 0.0526. The number of fused-ring (bicyclic) bond motifs is 1. The van der Waals surface area contributed by atoms with Crippen molar-refractivity contribution in [1.29, 1.82) is 0 Å². The van der Waals surface area contributed by atoms with Gasteiger partial charge in [-0.2, -0.15) is 4.31 Å². The summed E-state index contributed by atoms with van der Waals surface area (Å²) >= 11 is 0. The van der Waals surface area contributed by atoms with Crippen LogP contribution in [0.2, 0.25) is 0 Å². The molecule has 3 aromatic carbocycles. The molecule has 216 valence electrons. The van der Waals surface area contributed by atoms with Crippen LogP contribution in [0, 0.1) is 6.92 Å². The molecule has 0 N–H and O–H groups in total. The fourth-order valence-corrected chi connectivity index (χ4v) is 5.94. The molecule has 1 heterocycles. The summed E-state index contributed by atoms with van der Waals surface area (Å²) in [6.07, 6.45) is 0.